The first-order chi connectivity index (χ1) is 15.1. The molecule has 0 amide bonds. The highest BCUT2D eigenvalue weighted by atomic mass is 19.4. The van der Waals surface area contributed by atoms with Crippen LogP contribution in [0.2, 0.25) is 0 Å². The molecule has 0 bridgehead atoms. The number of alkyl halides is 5. The molecule has 1 heterocycles. The molecule has 0 unspecified atom stereocenters. The lowest BCUT2D eigenvalue weighted by Gasteiger charge is -2.26. The van der Waals surface area contributed by atoms with E-state index in [4.69, 9.17) is 4.74 Å². The predicted molar refractivity (Wildman–Crippen MR) is 101 cm³/mol. The Labute approximate surface area is 179 Å². The van der Waals surface area contributed by atoms with Crippen molar-refractivity contribution in [3.8, 4) is 5.75 Å². The molecule has 1 aliphatic rings. The molecule has 3 rings (SSSR count). The number of benzene rings is 2. The Morgan fingerprint density at radius 1 is 1.16 bits per heavy atom. The van der Waals surface area contributed by atoms with Crippen molar-refractivity contribution in [1.82, 2.24) is 0 Å². The fourth-order valence-electron chi connectivity index (χ4n) is 3.50. The molecule has 2 aromatic carbocycles. The van der Waals surface area contributed by atoms with Gasteiger partial charge in [-0.1, -0.05) is 0 Å². The van der Waals surface area contributed by atoms with E-state index in [0.29, 0.717) is 0 Å². The predicted octanol–water partition coefficient (Wildman–Crippen LogP) is 4.90. The number of anilines is 1. The molecule has 32 heavy (non-hydrogen) atoms. The summed E-state index contributed by atoms with van der Waals surface area (Å²) in [6.45, 7) is -3.39. The highest BCUT2D eigenvalue weighted by Crippen LogP contribution is 2.33. The Morgan fingerprint density at radius 2 is 1.84 bits per heavy atom. The Balaban J connectivity index is 1.78. The molecule has 0 spiro atoms. The van der Waals surface area contributed by atoms with Gasteiger partial charge in [-0.2, -0.15) is 22.0 Å². The average molecular weight is 463 g/mol. The third-order valence-electron chi connectivity index (χ3n) is 4.95. The lowest BCUT2D eigenvalue weighted by Crippen LogP contribution is -2.34. The highest BCUT2D eigenvalue weighted by molar-refractivity contribution is 5.89. The highest BCUT2D eigenvalue weighted by Gasteiger charge is 2.36. The number of nitrogens with zero attached hydrogens (tertiary/aromatic N) is 1. The minimum Gasteiger partial charge on any atom is -0.489 e. The van der Waals surface area contributed by atoms with Gasteiger partial charge in [0.25, 0.3) is 0 Å². The third kappa shape index (κ3) is 5.64. The number of methoxy groups -OCH3 is 1. The van der Waals surface area contributed by atoms with E-state index in [2.05, 4.69) is 9.47 Å². The second-order valence-electron chi connectivity index (χ2n) is 7.06. The lowest BCUT2D eigenvalue weighted by molar-refractivity contribution is -0.137. The maximum Gasteiger partial charge on any atom is 0.416 e. The smallest absolute Gasteiger partial charge is 0.416 e. The zero-order valence-corrected chi connectivity index (χ0v) is 16.7. The molecule has 1 saturated heterocycles. The molecule has 0 saturated carbocycles. The molecule has 0 radical (unpaired) electrons. The van der Waals surface area contributed by atoms with Crippen LogP contribution >= 0.6 is 0 Å². The largest absolute Gasteiger partial charge is 0.489 e. The van der Waals surface area contributed by atoms with Crippen LogP contribution in [-0.2, 0) is 15.7 Å². The Hall–Kier alpha value is -2.95. The van der Waals surface area contributed by atoms with Crippen molar-refractivity contribution < 1.29 is 45.3 Å². The van der Waals surface area contributed by atoms with Crippen molar-refractivity contribution in [2.75, 3.05) is 25.2 Å². The number of esters is 1. The summed E-state index contributed by atoms with van der Waals surface area (Å²) in [5.41, 5.74) is -0.821. The molecule has 0 aromatic heterocycles. The molecule has 1 fully saturated rings. The van der Waals surface area contributed by atoms with Gasteiger partial charge in [0, 0.05) is 6.42 Å². The van der Waals surface area contributed by atoms with Gasteiger partial charge >= 0.3 is 18.8 Å². The van der Waals surface area contributed by atoms with E-state index in [0.717, 1.165) is 37.4 Å². The van der Waals surface area contributed by atoms with Crippen molar-refractivity contribution in [2.24, 2.45) is 0 Å². The van der Waals surface area contributed by atoms with Crippen LogP contribution < -0.4 is 9.64 Å². The molecule has 1 aliphatic heterocycles. The quantitative estimate of drug-likeness (QED) is 0.432. The van der Waals surface area contributed by atoms with Crippen LogP contribution in [0.4, 0.5) is 32.0 Å². The van der Waals surface area contributed by atoms with E-state index >= 15 is 0 Å². The minimum absolute atomic E-state index is 0.0223. The molecule has 5 nitrogen and oxygen atoms in total. The van der Waals surface area contributed by atoms with E-state index in [-0.39, 0.29) is 30.0 Å². The van der Waals surface area contributed by atoms with Gasteiger partial charge in [0.05, 0.1) is 43.1 Å². The maximum absolute atomic E-state index is 14.7. The molecule has 11 heteroatoms. The van der Waals surface area contributed by atoms with Gasteiger partial charge in [-0.3, -0.25) is 0 Å². The van der Waals surface area contributed by atoms with Gasteiger partial charge in [-0.25, -0.2) is 9.18 Å². The first-order valence-corrected chi connectivity index (χ1v) is 9.46. The molecule has 0 aliphatic carbocycles. The second-order valence-corrected chi connectivity index (χ2v) is 7.06. The zero-order chi connectivity index (χ0) is 23.5. The number of carbonyl (C=O) groups excluding carboxylic acids is 1. The summed E-state index contributed by atoms with van der Waals surface area (Å²) in [5.74, 6) is -1.36. The molecule has 2 aromatic rings. The van der Waals surface area contributed by atoms with Crippen molar-refractivity contribution in [3.05, 3.63) is 59.4 Å². The summed E-state index contributed by atoms with van der Waals surface area (Å²) in [4.78, 5) is 13.1. The fraction of sp³-hybridized carbons (Fsp3) is 0.381. The fourth-order valence-corrected chi connectivity index (χ4v) is 3.50. The molecular weight excluding hydrogens is 444 g/mol. The van der Waals surface area contributed by atoms with E-state index in [1.807, 2.05) is 0 Å². The van der Waals surface area contributed by atoms with Crippen LogP contribution in [0.1, 0.15) is 22.3 Å². The van der Waals surface area contributed by atoms with Crippen molar-refractivity contribution in [1.29, 1.82) is 0 Å². The third-order valence-corrected chi connectivity index (χ3v) is 4.95. The van der Waals surface area contributed by atoms with Gasteiger partial charge in [0.15, 0.2) is 0 Å². The Morgan fingerprint density at radius 3 is 2.41 bits per heavy atom. The summed E-state index contributed by atoms with van der Waals surface area (Å²) in [6.07, 6.45) is -4.96. The number of rotatable bonds is 7. The van der Waals surface area contributed by atoms with Gasteiger partial charge in [0.1, 0.15) is 17.7 Å². The topological polar surface area (TPSA) is 48.0 Å². The van der Waals surface area contributed by atoms with E-state index in [9.17, 15) is 31.1 Å². The summed E-state index contributed by atoms with van der Waals surface area (Å²) in [6, 6.07) is 6.97. The normalized spacial score (nSPS) is 18.8. The summed E-state index contributed by atoms with van der Waals surface area (Å²) in [7, 11) is 1.15. The zero-order valence-electron chi connectivity index (χ0n) is 16.7. The monoisotopic (exact) mass is 463 g/mol. The SMILES string of the molecule is COC(=O)c1ccc(N2C[C@@H](Oc3ccc(C(F)(F)F)cc3)C[C@H]2COC(F)F)c(F)c1. The van der Waals surface area contributed by atoms with Crippen LogP contribution in [0.15, 0.2) is 42.5 Å². The minimum atomic E-state index is -4.49. The van der Waals surface area contributed by atoms with E-state index < -0.39 is 48.9 Å². The van der Waals surface area contributed by atoms with Crippen molar-refractivity contribution in [3.63, 3.8) is 0 Å². The molecular formula is C21H19F6NO4. The first kappa shape index (κ1) is 23.7. The summed E-state index contributed by atoms with van der Waals surface area (Å²) in [5, 5.41) is 0. The van der Waals surface area contributed by atoms with Crippen molar-refractivity contribution in [2.45, 2.75) is 31.4 Å². The number of halogens is 6. The lowest BCUT2D eigenvalue weighted by atomic mass is 10.1. The van der Waals surface area contributed by atoms with Crippen LogP contribution in [-0.4, -0.2) is 45.0 Å². The second kappa shape index (κ2) is 9.68. The first-order valence-electron chi connectivity index (χ1n) is 9.46. The number of hydrogen-bond donors (Lipinski definition) is 0. The summed E-state index contributed by atoms with van der Waals surface area (Å²) < 4.78 is 92.6. The molecule has 0 N–H and O–H groups in total. The Bertz CT molecular complexity index is 935. The van der Waals surface area contributed by atoms with Gasteiger partial charge in [0.2, 0.25) is 0 Å². The standard InChI is InChI=1S/C21H19F6NO4/c1-30-19(29)12-2-7-18(17(22)8-12)28-10-16(9-14(28)11-31-20(23)24)32-15-5-3-13(4-6-15)21(25,26)27/h2-8,14,16,20H,9-11H2,1H3/t14-,16-/m0/s1. The van der Waals surface area contributed by atoms with Gasteiger partial charge < -0.3 is 19.1 Å². The summed E-state index contributed by atoms with van der Waals surface area (Å²) >= 11 is 0. The Kier molecular flexibility index (Phi) is 7.17. The molecule has 174 valence electrons. The van der Waals surface area contributed by atoms with Crippen LogP contribution in [0.5, 0.6) is 5.75 Å². The maximum atomic E-state index is 14.7. The number of hydrogen-bond acceptors (Lipinski definition) is 5. The number of ether oxygens (including phenoxy) is 3. The van der Waals surface area contributed by atoms with Crippen LogP contribution in [0, 0.1) is 5.82 Å². The van der Waals surface area contributed by atoms with Gasteiger partial charge in [-0.05, 0) is 42.5 Å². The molecule has 2 atom stereocenters. The average Bonchev–Trinajstić information content (AvgIpc) is 3.13. The van der Waals surface area contributed by atoms with Crippen LogP contribution in [0.25, 0.3) is 0 Å². The van der Waals surface area contributed by atoms with E-state index in [1.54, 1.807) is 0 Å². The van der Waals surface area contributed by atoms with Crippen LogP contribution in [0.3, 0.4) is 0 Å². The van der Waals surface area contributed by atoms with Crippen molar-refractivity contribution >= 4 is 11.7 Å². The van der Waals surface area contributed by atoms with Gasteiger partial charge in [-0.15, -0.1) is 0 Å². The van der Waals surface area contributed by atoms with E-state index in [1.165, 1.54) is 17.0 Å². The number of carbonyl (C=O) groups is 1.